The van der Waals surface area contributed by atoms with Gasteiger partial charge in [0.1, 0.15) is 23.7 Å². The molecule has 3 N–H and O–H groups in total. The van der Waals surface area contributed by atoms with Gasteiger partial charge in [0.15, 0.2) is 5.25 Å². The maximum atomic E-state index is 9.59. The van der Waals surface area contributed by atoms with Gasteiger partial charge in [-0.1, -0.05) is 13.8 Å². The Kier molecular flexibility index (Phi) is 4.70. The van der Waals surface area contributed by atoms with Gasteiger partial charge in [-0.05, 0) is 23.2 Å². The van der Waals surface area contributed by atoms with E-state index in [9.17, 15) is 10.2 Å². The Morgan fingerprint density at radius 1 is 1.36 bits per heavy atom. The van der Waals surface area contributed by atoms with E-state index in [2.05, 4.69) is 13.8 Å². The van der Waals surface area contributed by atoms with Gasteiger partial charge in [0.2, 0.25) is 0 Å². The lowest BCUT2D eigenvalue weighted by molar-refractivity contribution is 0.0325. The number of hydrogen-bond acceptors (Lipinski definition) is 3. The molecule has 14 heavy (non-hydrogen) atoms. The predicted molar refractivity (Wildman–Crippen MR) is 59.4 cm³/mol. The van der Waals surface area contributed by atoms with Crippen molar-refractivity contribution in [2.24, 2.45) is 5.92 Å². The van der Waals surface area contributed by atoms with Crippen LogP contribution in [0.5, 0.6) is 0 Å². The average Bonchev–Trinajstić information content (AvgIpc) is 2.39. The summed E-state index contributed by atoms with van der Waals surface area (Å²) in [7, 11) is 0.00414. The van der Waals surface area contributed by atoms with Crippen molar-refractivity contribution in [3.8, 4) is 0 Å². The van der Waals surface area contributed by atoms with Crippen LogP contribution in [-0.4, -0.2) is 50.9 Å². The highest BCUT2D eigenvalue weighted by molar-refractivity contribution is 7.97. The number of rotatable bonds is 4. The second kappa shape index (κ2) is 5.35. The highest BCUT2D eigenvalue weighted by atomic mass is 32.2. The summed E-state index contributed by atoms with van der Waals surface area (Å²) >= 11 is 0. The van der Waals surface area contributed by atoms with Gasteiger partial charge in [0, 0.05) is 0 Å². The molecule has 0 bridgehead atoms. The number of aliphatic hydroxyl groups excluding tert-OH is 3. The SMILES string of the molecule is CC(C)CC[S+]1C[C@@H](O)[C@H](O)[C@H]1CO. The maximum absolute atomic E-state index is 9.59. The van der Waals surface area contributed by atoms with E-state index < -0.39 is 12.2 Å². The van der Waals surface area contributed by atoms with Gasteiger partial charge in [-0.3, -0.25) is 0 Å². The molecular formula is C10H21O3S+. The van der Waals surface area contributed by atoms with Gasteiger partial charge in [0.25, 0.3) is 0 Å². The van der Waals surface area contributed by atoms with Crippen molar-refractivity contribution in [2.45, 2.75) is 37.7 Å². The highest BCUT2D eigenvalue weighted by Gasteiger charge is 2.48. The molecule has 1 fully saturated rings. The van der Waals surface area contributed by atoms with Crippen LogP contribution in [0.15, 0.2) is 0 Å². The molecule has 4 atom stereocenters. The average molecular weight is 221 g/mol. The topological polar surface area (TPSA) is 60.7 Å². The maximum Gasteiger partial charge on any atom is 0.169 e. The minimum atomic E-state index is -0.713. The summed E-state index contributed by atoms with van der Waals surface area (Å²) in [5, 5.41) is 28.1. The standard InChI is InChI=1S/C10H21O3S/c1-7(2)3-4-14-6-8(12)10(13)9(14)5-11/h7-13H,3-6H2,1-2H3/q+1/t8-,9-,10+,14?/m1/s1. The van der Waals surface area contributed by atoms with Crippen LogP contribution in [0.1, 0.15) is 20.3 Å². The lowest BCUT2D eigenvalue weighted by Gasteiger charge is -2.12. The summed E-state index contributed by atoms with van der Waals surface area (Å²) in [4.78, 5) is 0. The Morgan fingerprint density at radius 3 is 2.50 bits per heavy atom. The van der Waals surface area contributed by atoms with E-state index in [0.29, 0.717) is 11.7 Å². The van der Waals surface area contributed by atoms with Crippen molar-refractivity contribution < 1.29 is 15.3 Å². The Hall–Kier alpha value is 0.230. The molecule has 3 nitrogen and oxygen atoms in total. The molecule has 0 spiro atoms. The fourth-order valence-electron chi connectivity index (χ4n) is 1.72. The van der Waals surface area contributed by atoms with Crippen molar-refractivity contribution in [2.75, 3.05) is 18.1 Å². The molecule has 1 rings (SSSR count). The molecule has 1 saturated heterocycles. The zero-order valence-corrected chi connectivity index (χ0v) is 9.70. The van der Waals surface area contributed by atoms with Crippen LogP contribution in [0.2, 0.25) is 0 Å². The van der Waals surface area contributed by atoms with E-state index in [1.807, 2.05) is 0 Å². The van der Waals surface area contributed by atoms with Crippen LogP contribution < -0.4 is 0 Å². The molecule has 4 heteroatoms. The quantitative estimate of drug-likeness (QED) is 0.574. The summed E-state index contributed by atoms with van der Waals surface area (Å²) in [6.45, 7) is 4.33. The molecule has 0 radical (unpaired) electrons. The van der Waals surface area contributed by atoms with E-state index in [1.54, 1.807) is 0 Å². The second-order valence-corrected chi connectivity index (χ2v) is 6.79. The van der Waals surface area contributed by atoms with E-state index in [1.165, 1.54) is 0 Å². The zero-order chi connectivity index (χ0) is 10.7. The van der Waals surface area contributed by atoms with E-state index in [0.717, 1.165) is 12.2 Å². The largest absolute Gasteiger partial charge is 0.391 e. The molecule has 0 aliphatic carbocycles. The summed E-state index contributed by atoms with van der Waals surface area (Å²) in [5.41, 5.74) is 0. The van der Waals surface area contributed by atoms with Crippen LogP contribution in [0, 0.1) is 5.92 Å². The molecule has 1 unspecified atom stereocenters. The molecule has 84 valence electrons. The molecule has 0 aromatic rings. The molecule has 1 heterocycles. The summed E-state index contributed by atoms with van der Waals surface area (Å²) in [6, 6.07) is 0. The zero-order valence-electron chi connectivity index (χ0n) is 8.89. The second-order valence-electron chi connectivity index (χ2n) is 4.37. The molecule has 0 amide bonds. The predicted octanol–water partition coefficient (Wildman–Crippen LogP) is -0.253. The lowest BCUT2D eigenvalue weighted by Crippen LogP contribution is -2.34. The minimum Gasteiger partial charge on any atom is -0.391 e. The Morgan fingerprint density at radius 2 is 2.00 bits per heavy atom. The first-order valence-corrected chi connectivity index (χ1v) is 6.82. The van der Waals surface area contributed by atoms with Crippen molar-refractivity contribution in [3.05, 3.63) is 0 Å². The first-order chi connectivity index (χ1) is 6.56. The van der Waals surface area contributed by atoms with Crippen molar-refractivity contribution >= 4 is 10.9 Å². The van der Waals surface area contributed by atoms with Gasteiger partial charge < -0.3 is 15.3 Å². The van der Waals surface area contributed by atoms with Gasteiger partial charge in [-0.15, -0.1) is 0 Å². The summed E-state index contributed by atoms with van der Waals surface area (Å²) in [5.74, 6) is 2.34. The van der Waals surface area contributed by atoms with E-state index in [-0.39, 0.29) is 22.8 Å². The normalized spacial score (nSPS) is 38.1. The van der Waals surface area contributed by atoms with Crippen LogP contribution in [0.3, 0.4) is 0 Å². The van der Waals surface area contributed by atoms with Crippen LogP contribution in [0.4, 0.5) is 0 Å². The molecule has 1 aliphatic heterocycles. The monoisotopic (exact) mass is 221 g/mol. The fourth-order valence-corrected chi connectivity index (χ4v) is 4.63. The van der Waals surface area contributed by atoms with E-state index in [4.69, 9.17) is 5.11 Å². The highest BCUT2D eigenvalue weighted by Crippen LogP contribution is 2.25. The third-order valence-electron chi connectivity index (χ3n) is 2.73. The Labute approximate surface area is 88.5 Å². The van der Waals surface area contributed by atoms with Crippen molar-refractivity contribution in [3.63, 3.8) is 0 Å². The van der Waals surface area contributed by atoms with Crippen molar-refractivity contribution in [1.29, 1.82) is 0 Å². The number of aliphatic hydroxyl groups is 3. The molecule has 0 aromatic carbocycles. The lowest BCUT2D eigenvalue weighted by atomic mass is 10.2. The van der Waals surface area contributed by atoms with Gasteiger partial charge >= 0.3 is 0 Å². The smallest absolute Gasteiger partial charge is 0.169 e. The van der Waals surface area contributed by atoms with Gasteiger partial charge in [-0.25, -0.2) is 0 Å². The minimum absolute atomic E-state index is 0.000562. The van der Waals surface area contributed by atoms with Gasteiger partial charge in [-0.2, -0.15) is 0 Å². The number of hydrogen-bond donors (Lipinski definition) is 3. The Balaban J connectivity index is 2.44. The van der Waals surface area contributed by atoms with Gasteiger partial charge in [0.05, 0.1) is 6.61 Å². The Bertz CT molecular complexity index is 175. The van der Waals surface area contributed by atoms with E-state index >= 15 is 0 Å². The molecular weight excluding hydrogens is 200 g/mol. The van der Waals surface area contributed by atoms with Crippen molar-refractivity contribution in [1.82, 2.24) is 0 Å². The first-order valence-electron chi connectivity index (χ1n) is 5.19. The molecule has 1 aliphatic rings. The van der Waals surface area contributed by atoms with Crippen LogP contribution in [0.25, 0.3) is 0 Å². The summed E-state index contributed by atoms with van der Waals surface area (Å²) < 4.78 is 0. The fraction of sp³-hybridized carbons (Fsp3) is 1.00. The molecule has 0 aromatic heterocycles. The molecule has 0 saturated carbocycles. The van der Waals surface area contributed by atoms with Crippen LogP contribution >= 0.6 is 0 Å². The third kappa shape index (κ3) is 2.86. The summed E-state index contributed by atoms with van der Waals surface area (Å²) in [6.07, 6.45) is -0.225. The third-order valence-corrected chi connectivity index (χ3v) is 5.54. The first kappa shape index (κ1) is 12.3. The van der Waals surface area contributed by atoms with Crippen LogP contribution in [-0.2, 0) is 10.9 Å².